The van der Waals surface area contributed by atoms with Crippen LogP contribution in [0.5, 0.6) is 0 Å². The zero-order valence-corrected chi connectivity index (χ0v) is 18.2. The van der Waals surface area contributed by atoms with Crippen molar-refractivity contribution in [2.75, 3.05) is 52.1 Å². The minimum Gasteiger partial charge on any atom is -0.356 e. The van der Waals surface area contributed by atoms with Gasteiger partial charge >= 0.3 is 0 Å². The molecule has 3 rings (SSSR count). The number of hydrogen-bond donors (Lipinski definition) is 1. The van der Waals surface area contributed by atoms with Crippen LogP contribution in [0.4, 0.5) is 0 Å². The lowest BCUT2D eigenvalue weighted by atomic mass is 10.1. The molecular formula is C19H31N7OS. The van der Waals surface area contributed by atoms with Gasteiger partial charge in [0, 0.05) is 49.7 Å². The summed E-state index contributed by atoms with van der Waals surface area (Å²) < 4.78 is 1.73. The van der Waals surface area contributed by atoms with Crippen molar-refractivity contribution < 1.29 is 4.79 Å². The fourth-order valence-electron chi connectivity index (χ4n) is 3.61. The molecule has 28 heavy (non-hydrogen) atoms. The van der Waals surface area contributed by atoms with Gasteiger partial charge in [0.15, 0.2) is 0 Å². The van der Waals surface area contributed by atoms with Gasteiger partial charge in [0.05, 0.1) is 6.42 Å². The number of aromatic nitrogens is 4. The number of piperazine rings is 1. The van der Waals surface area contributed by atoms with Crippen LogP contribution in [-0.4, -0.2) is 87.4 Å². The number of rotatable bonds is 8. The van der Waals surface area contributed by atoms with Gasteiger partial charge in [-0.25, -0.2) is 9.50 Å². The summed E-state index contributed by atoms with van der Waals surface area (Å²) in [7, 11) is 0. The zero-order chi connectivity index (χ0) is 20.1. The standard InChI is InChI=1S/C19H31N7OS/c1-5-24-9-11-25(12-10-24)8-6-7-20-17(27)13-16-14(2)21-18-22-19(28-4)23-26(18)15(16)3/h5-13H2,1-4H3,(H,20,27). The molecule has 1 fully saturated rings. The molecule has 2 aromatic rings. The molecule has 1 saturated heterocycles. The lowest BCUT2D eigenvalue weighted by Gasteiger charge is -2.33. The van der Waals surface area contributed by atoms with Crippen molar-refractivity contribution in [3.05, 3.63) is 17.0 Å². The van der Waals surface area contributed by atoms with Gasteiger partial charge in [0.2, 0.25) is 11.1 Å². The number of carbonyl (C=O) groups excluding carboxylic acids is 1. The fourth-order valence-corrected chi connectivity index (χ4v) is 3.95. The predicted molar refractivity (Wildman–Crippen MR) is 112 cm³/mol. The van der Waals surface area contributed by atoms with E-state index in [-0.39, 0.29) is 5.91 Å². The monoisotopic (exact) mass is 405 g/mol. The molecule has 9 heteroatoms. The second-order valence-corrected chi connectivity index (χ2v) is 8.00. The molecule has 8 nitrogen and oxygen atoms in total. The van der Waals surface area contributed by atoms with Gasteiger partial charge in [0.1, 0.15) is 0 Å². The number of amides is 1. The molecule has 3 heterocycles. The van der Waals surface area contributed by atoms with Crippen LogP contribution < -0.4 is 5.32 Å². The number of thioether (sulfide) groups is 1. The summed E-state index contributed by atoms with van der Waals surface area (Å²) in [5.74, 6) is 0.625. The number of nitrogens with one attached hydrogen (secondary N) is 1. The van der Waals surface area contributed by atoms with E-state index in [2.05, 4.69) is 37.1 Å². The minimum absolute atomic E-state index is 0.0355. The summed E-state index contributed by atoms with van der Waals surface area (Å²) in [4.78, 5) is 26.3. The average molecular weight is 406 g/mol. The highest BCUT2D eigenvalue weighted by atomic mass is 32.2. The van der Waals surface area contributed by atoms with Gasteiger partial charge in [-0.2, -0.15) is 4.98 Å². The van der Waals surface area contributed by atoms with Crippen LogP contribution in [0.3, 0.4) is 0 Å². The molecule has 1 aliphatic heterocycles. The average Bonchev–Trinajstić information content (AvgIpc) is 3.12. The first-order valence-electron chi connectivity index (χ1n) is 10.00. The molecule has 0 atom stereocenters. The second kappa shape index (κ2) is 9.67. The van der Waals surface area contributed by atoms with E-state index in [1.165, 1.54) is 11.8 Å². The van der Waals surface area contributed by atoms with E-state index in [9.17, 15) is 4.79 Å². The first-order valence-corrected chi connectivity index (χ1v) is 11.2. The summed E-state index contributed by atoms with van der Waals surface area (Å²) in [5, 5.41) is 8.19. The van der Waals surface area contributed by atoms with Crippen LogP contribution in [0.25, 0.3) is 5.78 Å². The molecular weight excluding hydrogens is 374 g/mol. The normalized spacial score (nSPS) is 16.0. The number of nitrogens with zero attached hydrogens (tertiary/aromatic N) is 6. The van der Waals surface area contributed by atoms with Crippen LogP contribution in [0.1, 0.15) is 30.3 Å². The van der Waals surface area contributed by atoms with E-state index < -0.39 is 0 Å². The first kappa shape index (κ1) is 21.0. The number of fused-ring (bicyclic) bond motifs is 1. The van der Waals surface area contributed by atoms with Crippen LogP contribution in [0.2, 0.25) is 0 Å². The van der Waals surface area contributed by atoms with E-state index in [0.29, 0.717) is 23.9 Å². The van der Waals surface area contributed by atoms with Crippen molar-refractivity contribution in [1.29, 1.82) is 0 Å². The van der Waals surface area contributed by atoms with Crippen molar-refractivity contribution >= 4 is 23.4 Å². The van der Waals surface area contributed by atoms with E-state index in [1.807, 2.05) is 20.1 Å². The summed E-state index contributed by atoms with van der Waals surface area (Å²) in [5.41, 5.74) is 2.70. The molecule has 0 radical (unpaired) electrons. The molecule has 1 aliphatic rings. The number of carbonyl (C=O) groups is 1. The van der Waals surface area contributed by atoms with Gasteiger partial charge in [0.25, 0.3) is 5.78 Å². The fraction of sp³-hybridized carbons (Fsp3) is 0.684. The maximum atomic E-state index is 12.4. The highest BCUT2D eigenvalue weighted by Crippen LogP contribution is 2.17. The largest absolute Gasteiger partial charge is 0.356 e. The summed E-state index contributed by atoms with van der Waals surface area (Å²) >= 11 is 1.49. The number of aryl methyl sites for hydroxylation is 2. The van der Waals surface area contributed by atoms with Crippen molar-refractivity contribution in [1.82, 2.24) is 34.7 Å². The van der Waals surface area contributed by atoms with Gasteiger partial charge in [-0.3, -0.25) is 4.79 Å². The molecule has 0 unspecified atom stereocenters. The SMILES string of the molecule is CCN1CCN(CCCNC(=O)Cc2c(C)nc3nc(SC)nn3c2C)CC1. The summed E-state index contributed by atoms with van der Waals surface area (Å²) in [6.45, 7) is 13.6. The lowest BCUT2D eigenvalue weighted by Crippen LogP contribution is -2.46. The zero-order valence-electron chi connectivity index (χ0n) is 17.4. The summed E-state index contributed by atoms with van der Waals surface area (Å²) in [6.07, 6.45) is 3.24. The molecule has 1 N–H and O–H groups in total. The Morgan fingerprint density at radius 3 is 2.54 bits per heavy atom. The quantitative estimate of drug-likeness (QED) is 0.521. The minimum atomic E-state index is 0.0355. The van der Waals surface area contributed by atoms with Gasteiger partial charge in [-0.15, -0.1) is 5.10 Å². The highest BCUT2D eigenvalue weighted by Gasteiger charge is 2.17. The maximum absolute atomic E-state index is 12.4. The lowest BCUT2D eigenvalue weighted by molar-refractivity contribution is -0.120. The predicted octanol–water partition coefficient (Wildman–Crippen LogP) is 1.15. The third-order valence-electron chi connectivity index (χ3n) is 5.43. The Morgan fingerprint density at radius 2 is 1.86 bits per heavy atom. The second-order valence-electron chi connectivity index (χ2n) is 7.23. The molecule has 0 aromatic carbocycles. The molecule has 154 valence electrons. The highest BCUT2D eigenvalue weighted by molar-refractivity contribution is 7.98. The molecule has 1 amide bonds. The van der Waals surface area contributed by atoms with Gasteiger partial charge in [-0.1, -0.05) is 18.7 Å². The molecule has 0 spiro atoms. The smallest absolute Gasteiger partial charge is 0.253 e. The number of hydrogen-bond acceptors (Lipinski definition) is 7. The Morgan fingerprint density at radius 1 is 1.14 bits per heavy atom. The van der Waals surface area contributed by atoms with E-state index in [0.717, 1.165) is 62.6 Å². The van der Waals surface area contributed by atoms with Crippen molar-refractivity contribution in [3.63, 3.8) is 0 Å². The van der Waals surface area contributed by atoms with Crippen LogP contribution in [0, 0.1) is 13.8 Å². The van der Waals surface area contributed by atoms with Crippen molar-refractivity contribution in [2.45, 2.75) is 38.8 Å². The van der Waals surface area contributed by atoms with E-state index >= 15 is 0 Å². The summed E-state index contributed by atoms with van der Waals surface area (Å²) in [6, 6.07) is 0. The molecule has 0 saturated carbocycles. The van der Waals surface area contributed by atoms with Gasteiger partial charge < -0.3 is 15.1 Å². The first-order chi connectivity index (χ1) is 13.5. The molecule has 0 aliphatic carbocycles. The van der Waals surface area contributed by atoms with Gasteiger partial charge in [-0.05, 0) is 39.6 Å². The van der Waals surface area contributed by atoms with E-state index in [4.69, 9.17) is 0 Å². The maximum Gasteiger partial charge on any atom is 0.253 e. The van der Waals surface area contributed by atoms with Crippen LogP contribution >= 0.6 is 11.8 Å². The van der Waals surface area contributed by atoms with Crippen molar-refractivity contribution in [3.8, 4) is 0 Å². The molecule has 0 bridgehead atoms. The van der Waals surface area contributed by atoms with Crippen molar-refractivity contribution in [2.24, 2.45) is 0 Å². The third kappa shape index (κ3) is 5.01. The molecule has 2 aromatic heterocycles. The third-order valence-corrected chi connectivity index (χ3v) is 5.97. The Balaban J connectivity index is 1.48. The van der Waals surface area contributed by atoms with Crippen LogP contribution in [-0.2, 0) is 11.2 Å². The topological polar surface area (TPSA) is 78.7 Å². The number of likely N-dealkylation sites (N-methyl/N-ethyl adjacent to an activating group) is 1. The Hall–Kier alpha value is -1.71. The van der Waals surface area contributed by atoms with E-state index in [1.54, 1.807) is 4.52 Å². The Labute approximate surface area is 171 Å². The van der Waals surface area contributed by atoms with Crippen LogP contribution in [0.15, 0.2) is 5.16 Å². The Kier molecular flexibility index (Phi) is 7.25. The Bertz CT molecular complexity index is 814.